The Hall–Kier alpha value is -2.05. The van der Waals surface area contributed by atoms with Crippen molar-refractivity contribution in [3.8, 4) is 0 Å². The third-order valence-corrected chi connectivity index (χ3v) is 8.05. The van der Waals surface area contributed by atoms with Crippen LogP contribution in [0.5, 0.6) is 0 Å². The number of ether oxygens (including phenoxy) is 2. The Kier molecular flexibility index (Phi) is 4.69. The van der Waals surface area contributed by atoms with E-state index in [0.717, 1.165) is 23.6 Å². The maximum absolute atomic E-state index is 12.7. The van der Waals surface area contributed by atoms with Gasteiger partial charge in [0.05, 0.1) is 31.3 Å². The summed E-state index contributed by atoms with van der Waals surface area (Å²) >= 11 is 0. The van der Waals surface area contributed by atoms with Gasteiger partial charge in [-0.3, -0.25) is 9.48 Å². The Labute approximate surface area is 184 Å². The van der Waals surface area contributed by atoms with Crippen molar-refractivity contribution in [2.45, 2.75) is 96.2 Å². The normalized spacial score (nSPS) is 29.7. The second-order valence-corrected chi connectivity index (χ2v) is 11.3. The quantitative estimate of drug-likeness (QED) is 0.678. The van der Waals surface area contributed by atoms with Gasteiger partial charge < -0.3 is 14.4 Å². The van der Waals surface area contributed by atoms with Crippen LogP contribution in [0.4, 0.5) is 4.79 Å². The summed E-state index contributed by atoms with van der Waals surface area (Å²) in [5, 5.41) is 4.97. The molecule has 31 heavy (non-hydrogen) atoms. The van der Waals surface area contributed by atoms with E-state index in [2.05, 4.69) is 4.68 Å². The molecular weight excluding hydrogens is 394 g/mol. The van der Waals surface area contributed by atoms with E-state index in [9.17, 15) is 9.59 Å². The molecule has 4 saturated carbocycles. The monoisotopic (exact) mass is 429 g/mol. The van der Waals surface area contributed by atoms with E-state index in [-0.39, 0.29) is 24.0 Å². The molecule has 170 valence electrons. The molecule has 0 spiro atoms. The standard InChI is InChI=1S/C24H35N3O4/c1-22(2,3)31-21(29)26-10-9-19-17(12-26)18(11-20(28)30-4)25-27(19)24-13-23(14-24,15-24)16-7-5-6-8-16/h16H,5-15H2,1-4H3. The average molecular weight is 430 g/mol. The first-order valence-electron chi connectivity index (χ1n) is 11.8. The summed E-state index contributed by atoms with van der Waals surface area (Å²) in [6.45, 7) is 6.70. The number of amides is 1. The third-order valence-electron chi connectivity index (χ3n) is 8.05. The molecule has 1 aliphatic heterocycles. The summed E-state index contributed by atoms with van der Waals surface area (Å²) in [5.74, 6) is 0.611. The van der Waals surface area contributed by atoms with Crippen LogP contribution in [0.2, 0.25) is 0 Å². The molecule has 1 aromatic heterocycles. The SMILES string of the molecule is COC(=O)Cc1nn(C23CC(C4CCCC4)(C2)C3)c2c1CN(C(=O)OC(C)(C)C)CC2. The highest BCUT2D eigenvalue weighted by molar-refractivity contribution is 5.73. The van der Waals surface area contributed by atoms with Crippen LogP contribution in [-0.4, -0.2) is 46.0 Å². The molecule has 0 saturated heterocycles. The number of fused-ring (bicyclic) bond motifs is 1. The van der Waals surface area contributed by atoms with Gasteiger partial charge >= 0.3 is 12.1 Å². The predicted molar refractivity (Wildman–Crippen MR) is 115 cm³/mol. The van der Waals surface area contributed by atoms with Crippen LogP contribution < -0.4 is 0 Å². The first-order valence-corrected chi connectivity index (χ1v) is 11.8. The molecule has 0 atom stereocenters. The largest absolute Gasteiger partial charge is 0.469 e. The van der Waals surface area contributed by atoms with Gasteiger partial charge in [0.15, 0.2) is 0 Å². The number of esters is 1. The maximum atomic E-state index is 12.7. The minimum absolute atomic E-state index is 0.134. The van der Waals surface area contributed by atoms with E-state index >= 15 is 0 Å². The van der Waals surface area contributed by atoms with Gasteiger partial charge in [-0.15, -0.1) is 0 Å². The van der Waals surface area contributed by atoms with Crippen LogP contribution >= 0.6 is 0 Å². The van der Waals surface area contributed by atoms with Crippen molar-refractivity contribution in [1.82, 2.24) is 14.7 Å². The summed E-state index contributed by atoms with van der Waals surface area (Å²) in [6.07, 6.45) is 9.85. The summed E-state index contributed by atoms with van der Waals surface area (Å²) in [7, 11) is 1.41. The molecule has 4 fully saturated rings. The third kappa shape index (κ3) is 3.35. The van der Waals surface area contributed by atoms with E-state index in [1.165, 1.54) is 57.7 Å². The molecule has 0 N–H and O–H groups in total. The molecule has 7 heteroatoms. The Morgan fingerprint density at radius 1 is 1.16 bits per heavy atom. The zero-order chi connectivity index (χ0) is 22.0. The molecule has 2 heterocycles. The molecule has 6 rings (SSSR count). The number of hydrogen-bond donors (Lipinski definition) is 0. The van der Waals surface area contributed by atoms with Crippen molar-refractivity contribution < 1.29 is 19.1 Å². The van der Waals surface area contributed by atoms with Gasteiger partial charge in [-0.25, -0.2) is 4.79 Å². The number of nitrogens with zero attached hydrogens (tertiary/aromatic N) is 3. The van der Waals surface area contributed by atoms with Crippen LogP contribution in [-0.2, 0) is 39.2 Å². The summed E-state index contributed by atoms with van der Waals surface area (Å²) in [6, 6.07) is 0. The lowest BCUT2D eigenvalue weighted by Gasteiger charge is -2.73. The first kappa shape index (κ1) is 20.8. The lowest BCUT2D eigenvalue weighted by atomic mass is 9.35. The lowest BCUT2D eigenvalue weighted by Crippen LogP contribution is -2.70. The number of carbonyl (C=O) groups is 2. The molecule has 0 radical (unpaired) electrons. The highest BCUT2D eigenvalue weighted by atomic mass is 16.6. The van der Waals surface area contributed by atoms with Gasteiger partial charge in [0.1, 0.15) is 5.60 Å². The van der Waals surface area contributed by atoms with Crippen molar-refractivity contribution in [2.75, 3.05) is 13.7 Å². The number of rotatable bonds is 4. The number of hydrogen-bond acceptors (Lipinski definition) is 5. The highest BCUT2D eigenvalue weighted by Crippen LogP contribution is 2.76. The van der Waals surface area contributed by atoms with Crippen molar-refractivity contribution >= 4 is 12.1 Å². The zero-order valence-corrected chi connectivity index (χ0v) is 19.3. The smallest absolute Gasteiger partial charge is 0.410 e. The van der Waals surface area contributed by atoms with Gasteiger partial charge in [-0.2, -0.15) is 5.10 Å². The number of aromatic nitrogens is 2. The Morgan fingerprint density at radius 3 is 2.45 bits per heavy atom. The van der Waals surface area contributed by atoms with Crippen molar-refractivity contribution in [3.05, 3.63) is 17.0 Å². The lowest BCUT2D eigenvalue weighted by molar-refractivity contribution is -0.225. The second kappa shape index (κ2) is 6.97. The van der Waals surface area contributed by atoms with E-state index in [0.29, 0.717) is 18.5 Å². The molecule has 1 amide bonds. The van der Waals surface area contributed by atoms with Crippen LogP contribution in [0.15, 0.2) is 0 Å². The zero-order valence-electron chi connectivity index (χ0n) is 19.3. The Bertz CT molecular complexity index is 887. The fourth-order valence-electron chi connectivity index (χ4n) is 6.72. The first-order chi connectivity index (χ1) is 14.6. The molecule has 5 aliphatic rings. The summed E-state index contributed by atoms with van der Waals surface area (Å²) < 4.78 is 12.8. The van der Waals surface area contributed by atoms with Crippen LogP contribution in [0.1, 0.15) is 82.7 Å². The van der Waals surface area contributed by atoms with Gasteiger partial charge in [0.25, 0.3) is 0 Å². The van der Waals surface area contributed by atoms with E-state index < -0.39 is 5.60 Å². The van der Waals surface area contributed by atoms with Gasteiger partial charge in [-0.05, 0) is 64.2 Å². The minimum Gasteiger partial charge on any atom is -0.469 e. The van der Waals surface area contributed by atoms with E-state index in [1.54, 1.807) is 4.90 Å². The van der Waals surface area contributed by atoms with Crippen LogP contribution in [0.3, 0.4) is 0 Å². The van der Waals surface area contributed by atoms with Crippen molar-refractivity contribution in [2.24, 2.45) is 11.3 Å². The second-order valence-electron chi connectivity index (χ2n) is 11.3. The van der Waals surface area contributed by atoms with Gasteiger partial charge in [0, 0.05) is 24.2 Å². The Morgan fingerprint density at radius 2 is 1.84 bits per heavy atom. The van der Waals surface area contributed by atoms with Crippen molar-refractivity contribution in [1.29, 1.82) is 0 Å². The molecule has 1 aromatic rings. The van der Waals surface area contributed by atoms with E-state index in [1.807, 2.05) is 20.8 Å². The van der Waals surface area contributed by atoms with Crippen molar-refractivity contribution in [3.63, 3.8) is 0 Å². The van der Waals surface area contributed by atoms with Gasteiger partial charge in [0.2, 0.25) is 0 Å². The summed E-state index contributed by atoms with van der Waals surface area (Å²) in [5.41, 5.74) is 3.14. The van der Waals surface area contributed by atoms with Gasteiger partial charge in [-0.1, -0.05) is 12.8 Å². The topological polar surface area (TPSA) is 73.7 Å². The Balaban J connectivity index is 1.39. The molecule has 0 aromatic carbocycles. The average Bonchev–Trinajstić information content (AvgIpc) is 3.27. The molecule has 7 nitrogen and oxygen atoms in total. The molecular formula is C24H35N3O4. The molecule has 2 bridgehead atoms. The predicted octanol–water partition coefficient (Wildman–Crippen LogP) is 3.96. The molecule has 4 aliphatic carbocycles. The fraction of sp³-hybridized carbons (Fsp3) is 0.792. The number of methoxy groups -OCH3 is 1. The molecule has 0 unspecified atom stereocenters. The van der Waals surface area contributed by atoms with Crippen LogP contribution in [0, 0.1) is 11.3 Å². The summed E-state index contributed by atoms with van der Waals surface area (Å²) in [4.78, 5) is 26.5. The number of carbonyl (C=O) groups excluding carboxylic acids is 2. The fourth-order valence-corrected chi connectivity index (χ4v) is 6.72. The van der Waals surface area contributed by atoms with E-state index in [4.69, 9.17) is 14.6 Å². The van der Waals surface area contributed by atoms with Crippen LogP contribution in [0.25, 0.3) is 0 Å². The minimum atomic E-state index is -0.531. The maximum Gasteiger partial charge on any atom is 0.410 e. The highest BCUT2D eigenvalue weighted by Gasteiger charge is 2.72.